The number of nitrogens with two attached hydrogens (primary N) is 1. The van der Waals surface area contributed by atoms with E-state index < -0.39 is 0 Å². The van der Waals surface area contributed by atoms with Crippen LogP contribution < -0.4 is 16.4 Å². The summed E-state index contributed by atoms with van der Waals surface area (Å²) in [4.78, 5) is 12.4. The lowest BCUT2D eigenvalue weighted by Crippen LogP contribution is -2.25. The van der Waals surface area contributed by atoms with E-state index in [1.54, 1.807) is 6.20 Å². The van der Waals surface area contributed by atoms with E-state index in [-0.39, 0.29) is 6.04 Å². The van der Waals surface area contributed by atoms with Crippen molar-refractivity contribution in [3.63, 3.8) is 0 Å². The SMILES string of the molecule is CC(CN)Nc1cc(NCc2cccnc2)ncn1. The largest absolute Gasteiger partial charge is 0.366 e. The molecule has 0 aliphatic carbocycles. The molecule has 4 N–H and O–H groups in total. The van der Waals surface area contributed by atoms with Crippen LogP contribution in [0, 0.1) is 0 Å². The van der Waals surface area contributed by atoms with Crippen molar-refractivity contribution in [1.29, 1.82) is 0 Å². The lowest BCUT2D eigenvalue weighted by Gasteiger charge is -2.12. The van der Waals surface area contributed by atoms with Gasteiger partial charge in [-0.25, -0.2) is 9.97 Å². The molecule has 0 aromatic carbocycles. The number of hydrogen-bond donors (Lipinski definition) is 3. The lowest BCUT2D eigenvalue weighted by molar-refractivity contribution is 0.797. The molecule has 0 radical (unpaired) electrons. The molecule has 2 rings (SSSR count). The van der Waals surface area contributed by atoms with Crippen molar-refractivity contribution < 1.29 is 0 Å². The highest BCUT2D eigenvalue weighted by Gasteiger charge is 2.02. The molecule has 0 saturated heterocycles. The van der Waals surface area contributed by atoms with E-state index in [4.69, 9.17) is 5.73 Å². The second-order valence-corrected chi connectivity index (χ2v) is 4.28. The molecule has 0 saturated carbocycles. The van der Waals surface area contributed by atoms with Crippen LogP contribution in [0.1, 0.15) is 12.5 Å². The zero-order chi connectivity index (χ0) is 13.5. The van der Waals surface area contributed by atoms with Crippen molar-refractivity contribution in [2.45, 2.75) is 19.5 Å². The predicted octanol–water partition coefficient (Wildman–Crippen LogP) is 1.24. The van der Waals surface area contributed by atoms with Gasteiger partial charge in [0.1, 0.15) is 18.0 Å². The Hall–Kier alpha value is -2.21. The smallest absolute Gasteiger partial charge is 0.131 e. The van der Waals surface area contributed by atoms with Crippen LogP contribution in [0.3, 0.4) is 0 Å². The lowest BCUT2D eigenvalue weighted by atomic mass is 10.3. The summed E-state index contributed by atoms with van der Waals surface area (Å²) in [5, 5.41) is 6.43. The van der Waals surface area contributed by atoms with E-state index in [2.05, 4.69) is 25.6 Å². The molecule has 0 amide bonds. The highest BCUT2D eigenvalue weighted by atomic mass is 15.1. The summed E-state index contributed by atoms with van der Waals surface area (Å²) in [7, 11) is 0. The van der Waals surface area contributed by atoms with Crippen molar-refractivity contribution in [2.24, 2.45) is 5.73 Å². The Balaban J connectivity index is 1.95. The molecule has 1 atom stereocenters. The quantitative estimate of drug-likeness (QED) is 0.722. The minimum Gasteiger partial charge on any atom is -0.366 e. The Morgan fingerprint density at radius 1 is 1.32 bits per heavy atom. The molecule has 2 heterocycles. The van der Waals surface area contributed by atoms with Crippen molar-refractivity contribution in [2.75, 3.05) is 17.2 Å². The molecular formula is C13H18N6. The number of nitrogens with one attached hydrogen (secondary N) is 2. The second kappa shape index (κ2) is 6.65. The van der Waals surface area contributed by atoms with E-state index in [1.165, 1.54) is 6.33 Å². The molecular weight excluding hydrogens is 240 g/mol. The first-order valence-corrected chi connectivity index (χ1v) is 6.19. The van der Waals surface area contributed by atoms with Gasteiger partial charge in [-0.05, 0) is 18.6 Å². The average Bonchev–Trinajstić information content (AvgIpc) is 2.46. The van der Waals surface area contributed by atoms with E-state index in [1.807, 2.05) is 31.3 Å². The van der Waals surface area contributed by atoms with Crippen LogP contribution in [0.25, 0.3) is 0 Å². The van der Waals surface area contributed by atoms with Crippen LogP contribution in [0.4, 0.5) is 11.6 Å². The van der Waals surface area contributed by atoms with Gasteiger partial charge in [0.2, 0.25) is 0 Å². The zero-order valence-electron chi connectivity index (χ0n) is 10.9. The summed E-state index contributed by atoms with van der Waals surface area (Å²) in [5.41, 5.74) is 6.67. The normalized spacial score (nSPS) is 11.9. The van der Waals surface area contributed by atoms with Gasteiger partial charge in [0, 0.05) is 37.6 Å². The minimum absolute atomic E-state index is 0.182. The number of pyridine rings is 1. The first-order chi connectivity index (χ1) is 9.28. The second-order valence-electron chi connectivity index (χ2n) is 4.28. The fourth-order valence-corrected chi connectivity index (χ4v) is 1.54. The first kappa shape index (κ1) is 13.2. The van der Waals surface area contributed by atoms with Crippen LogP contribution in [-0.4, -0.2) is 27.5 Å². The Morgan fingerprint density at radius 2 is 2.16 bits per heavy atom. The average molecular weight is 258 g/mol. The standard InChI is InChI=1S/C13H18N6/c1-10(6-14)19-13-5-12(17-9-18-13)16-8-11-3-2-4-15-7-11/h2-5,7,9-10H,6,8,14H2,1H3,(H2,16,17,18,19). The topological polar surface area (TPSA) is 88.8 Å². The minimum atomic E-state index is 0.182. The van der Waals surface area contributed by atoms with E-state index in [0.717, 1.165) is 17.2 Å². The zero-order valence-corrected chi connectivity index (χ0v) is 10.9. The molecule has 0 spiro atoms. The molecule has 19 heavy (non-hydrogen) atoms. The molecule has 100 valence electrons. The Kier molecular flexibility index (Phi) is 4.63. The summed E-state index contributed by atoms with van der Waals surface area (Å²) < 4.78 is 0. The first-order valence-electron chi connectivity index (χ1n) is 6.19. The highest BCUT2D eigenvalue weighted by Crippen LogP contribution is 2.10. The molecule has 6 nitrogen and oxygen atoms in total. The molecule has 0 fully saturated rings. The van der Waals surface area contributed by atoms with E-state index >= 15 is 0 Å². The maximum Gasteiger partial charge on any atom is 0.131 e. The number of anilines is 2. The van der Waals surface area contributed by atoms with Gasteiger partial charge in [-0.3, -0.25) is 4.98 Å². The number of rotatable bonds is 6. The van der Waals surface area contributed by atoms with Crippen LogP contribution >= 0.6 is 0 Å². The van der Waals surface area contributed by atoms with Gasteiger partial charge in [-0.1, -0.05) is 6.07 Å². The van der Waals surface area contributed by atoms with E-state index in [9.17, 15) is 0 Å². The third kappa shape index (κ3) is 4.18. The van der Waals surface area contributed by atoms with Crippen molar-refractivity contribution >= 4 is 11.6 Å². The Morgan fingerprint density at radius 3 is 2.89 bits per heavy atom. The van der Waals surface area contributed by atoms with Crippen LogP contribution in [-0.2, 0) is 6.54 Å². The van der Waals surface area contributed by atoms with Crippen LogP contribution in [0.5, 0.6) is 0 Å². The third-order valence-corrected chi connectivity index (χ3v) is 2.61. The predicted molar refractivity (Wildman–Crippen MR) is 75.7 cm³/mol. The molecule has 2 aromatic rings. The fourth-order valence-electron chi connectivity index (χ4n) is 1.54. The maximum atomic E-state index is 5.56. The van der Waals surface area contributed by atoms with Crippen LogP contribution in [0.2, 0.25) is 0 Å². The van der Waals surface area contributed by atoms with Gasteiger partial charge in [-0.15, -0.1) is 0 Å². The van der Waals surface area contributed by atoms with Crippen molar-refractivity contribution in [1.82, 2.24) is 15.0 Å². The van der Waals surface area contributed by atoms with Crippen LogP contribution in [0.15, 0.2) is 36.9 Å². The summed E-state index contributed by atoms with van der Waals surface area (Å²) in [5.74, 6) is 1.53. The van der Waals surface area contributed by atoms with Gasteiger partial charge < -0.3 is 16.4 Å². The van der Waals surface area contributed by atoms with Crippen molar-refractivity contribution in [3.05, 3.63) is 42.5 Å². The van der Waals surface area contributed by atoms with Gasteiger partial charge in [0.25, 0.3) is 0 Å². The summed E-state index contributed by atoms with van der Waals surface area (Å²) in [6, 6.07) is 5.97. The summed E-state index contributed by atoms with van der Waals surface area (Å²) in [6.07, 6.45) is 5.10. The molecule has 2 aromatic heterocycles. The highest BCUT2D eigenvalue weighted by molar-refractivity contribution is 5.47. The molecule has 0 bridgehead atoms. The number of nitrogens with zero attached hydrogens (tertiary/aromatic N) is 3. The van der Waals surface area contributed by atoms with Gasteiger partial charge >= 0.3 is 0 Å². The summed E-state index contributed by atoms with van der Waals surface area (Å²) >= 11 is 0. The molecule has 0 aliphatic heterocycles. The Bertz CT molecular complexity index is 501. The van der Waals surface area contributed by atoms with Gasteiger partial charge in [0.05, 0.1) is 0 Å². The van der Waals surface area contributed by atoms with Gasteiger partial charge in [0.15, 0.2) is 0 Å². The number of hydrogen-bond acceptors (Lipinski definition) is 6. The van der Waals surface area contributed by atoms with Crippen molar-refractivity contribution in [3.8, 4) is 0 Å². The van der Waals surface area contributed by atoms with Gasteiger partial charge in [-0.2, -0.15) is 0 Å². The third-order valence-electron chi connectivity index (χ3n) is 2.61. The monoisotopic (exact) mass is 258 g/mol. The maximum absolute atomic E-state index is 5.56. The number of aromatic nitrogens is 3. The molecule has 6 heteroatoms. The fraction of sp³-hybridized carbons (Fsp3) is 0.308. The molecule has 1 unspecified atom stereocenters. The Labute approximate surface area is 112 Å². The summed E-state index contributed by atoms with van der Waals surface area (Å²) in [6.45, 7) is 3.24. The molecule has 0 aliphatic rings. The van der Waals surface area contributed by atoms with E-state index in [0.29, 0.717) is 13.1 Å².